The molecule has 1 aliphatic heterocycles. The first kappa shape index (κ1) is 36.1. The van der Waals surface area contributed by atoms with Gasteiger partial charge in [-0.2, -0.15) is 0 Å². The minimum Gasteiger partial charge on any atom is -0.507 e. The monoisotopic (exact) mass is 755 g/mol. The second kappa shape index (κ2) is 14.3. The highest BCUT2D eigenvalue weighted by atomic mass is 16.3. The molecule has 0 unspecified atom stereocenters. The number of hydrogen-bond donors (Lipinski definition) is 3. The predicted octanol–water partition coefficient (Wildman–Crippen LogP) is 11.5. The Hall–Kier alpha value is -6.30. The highest BCUT2D eigenvalue weighted by Gasteiger charge is 2.47. The SMILES string of the molecule is Cc1cc(CN2CCC[C@H]2C(O)(c2cccc3ccccc23)c2cccc3ccccc23)c(O)c(C(O)(c2cccc3ccccc23)c2cccc3ccccc23)c1. The van der Waals surface area contributed by atoms with E-state index < -0.39 is 11.2 Å². The Balaban J connectivity index is 1.16. The van der Waals surface area contributed by atoms with Crippen LogP contribution in [0.5, 0.6) is 5.75 Å². The van der Waals surface area contributed by atoms with Gasteiger partial charge in [-0.15, -0.1) is 0 Å². The molecule has 58 heavy (non-hydrogen) atoms. The first-order chi connectivity index (χ1) is 28.4. The van der Waals surface area contributed by atoms with E-state index in [1.165, 1.54) is 0 Å². The van der Waals surface area contributed by atoms with Crippen LogP contribution in [-0.2, 0) is 17.7 Å². The summed E-state index contributed by atoms with van der Waals surface area (Å²) < 4.78 is 0. The van der Waals surface area contributed by atoms with E-state index in [9.17, 15) is 15.3 Å². The molecule has 0 saturated carbocycles. The third kappa shape index (κ3) is 5.71. The Morgan fingerprint density at radius 3 is 1.36 bits per heavy atom. The van der Waals surface area contributed by atoms with E-state index in [2.05, 4.69) is 77.7 Å². The van der Waals surface area contributed by atoms with Gasteiger partial charge in [0.25, 0.3) is 0 Å². The van der Waals surface area contributed by atoms with E-state index >= 15 is 0 Å². The van der Waals surface area contributed by atoms with Gasteiger partial charge in [-0.1, -0.05) is 181 Å². The zero-order valence-electron chi connectivity index (χ0n) is 32.5. The summed E-state index contributed by atoms with van der Waals surface area (Å²) >= 11 is 0. The van der Waals surface area contributed by atoms with Gasteiger partial charge in [0, 0.05) is 34.8 Å². The smallest absolute Gasteiger partial charge is 0.145 e. The van der Waals surface area contributed by atoms with Crippen molar-refractivity contribution < 1.29 is 15.3 Å². The molecular formula is C54H45NO3. The van der Waals surface area contributed by atoms with E-state index in [0.29, 0.717) is 28.8 Å². The van der Waals surface area contributed by atoms with Crippen LogP contribution in [0.25, 0.3) is 43.1 Å². The number of aliphatic hydroxyl groups is 2. The maximum atomic E-state index is 13.8. The molecule has 4 nitrogen and oxygen atoms in total. The number of hydrogen-bond acceptors (Lipinski definition) is 4. The summed E-state index contributed by atoms with van der Waals surface area (Å²) in [5, 5.41) is 48.2. The molecule has 284 valence electrons. The van der Waals surface area contributed by atoms with Gasteiger partial charge in [-0.25, -0.2) is 0 Å². The Bertz CT molecular complexity index is 2820. The third-order valence-corrected chi connectivity index (χ3v) is 12.7. The van der Waals surface area contributed by atoms with Gasteiger partial charge in [0.1, 0.15) is 17.0 Å². The summed E-state index contributed by atoms with van der Waals surface area (Å²) in [6.45, 7) is 3.15. The van der Waals surface area contributed by atoms with Crippen molar-refractivity contribution in [2.75, 3.05) is 6.54 Å². The molecule has 1 fully saturated rings. The number of phenols is 1. The zero-order valence-corrected chi connectivity index (χ0v) is 32.5. The van der Waals surface area contributed by atoms with Crippen LogP contribution in [0.1, 0.15) is 51.8 Å². The van der Waals surface area contributed by atoms with Crippen LogP contribution in [0.3, 0.4) is 0 Å². The summed E-state index contributed by atoms with van der Waals surface area (Å²) in [5.74, 6) is 0.0541. The molecule has 0 amide bonds. The topological polar surface area (TPSA) is 63.9 Å². The standard InChI is InChI=1S/C54H45NO3/c1-36-33-41(52(56)50(34-36)53(57,46-27-10-19-37-15-2-6-23-42(37)46)47-28-11-20-38-16-3-7-24-43(38)47)35-55-32-14-31-51(55)54(58,48-29-12-21-39-17-4-8-25-44(39)48)49-30-13-22-40-18-5-9-26-45(40)49/h2-13,15-30,33-34,51,56-58H,14,31-32,35H2,1H3/t51-/m0/s1. The molecule has 1 atom stereocenters. The van der Waals surface area contributed by atoms with Gasteiger partial charge in [0.2, 0.25) is 0 Å². The van der Waals surface area contributed by atoms with Crippen LogP contribution in [0.15, 0.2) is 182 Å². The van der Waals surface area contributed by atoms with Gasteiger partial charge in [-0.05, 0) is 86.6 Å². The molecule has 10 rings (SSSR count). The van der Waals surface area contributed by atoms with Crippen LogP contribution < -0.4 is 0 Å². The Morgan fingerprint density at radius 1 is 0.500 bits per heavy atom. The summed E-state index contributed by atoms with van der Waals surface area (Å²) in [6.07, 6.45) is 1.65. The number of likely N-dealkylation sites (tertiary alicyclic amines) is 1. The molecule has 0 bridgehead atoms. The lowest BCUT2D eigenvalue weighted by Crippen LogP contribution is -2.48. The number of fused-ring (bicyclic) bond motifs is 4. The molecule has 9 aromatic rings. The molecule has 4 heteroatoms. The third-order valence-electron chi connectivity index (χ3n) is 12.7. The normalized spacial score (nSPS) is 15.2. The van der Waals surface area contributed by atoms with Crippen molar-refractivity contribution in [1.29, 1.82) is 0 Å². The van der Waals surface area contributed by atoms with E-state index in [1.807, 2.05) is 116 Å². The molecule has 0 radical (unpaired) electrons. The lowest BCUT2D eigenvalue weighted by molar-refractivity contribution is -0.00447. The molecule has 1 saturated heterocycles. The number of benzene rings is 9. The largest absolute Gasteiger partial charge is 0.507 e. The molecule has 9 aromatic carbocycles. The van der Waals surface area contributed by atoms with Gasteiger partial charge < -0.3 is 15.3 Å². The Labute approximate surface area is 338 Å². The first-order valence-electron chi connectivity index (χ1n) is 20.3. The number of aryl methyl sites for hydroxylation is 1. The minimum absolute atomic E-state index is 0.0541. The number of rotatable bonds is 8. The van der Waals surface area contributed by atoms with Crippen molar-refractivity contribution in [3.63, 3.8) is 0 Å². The summed E-state index contributed by atoms with van der Waals surface area (Å²) in [6, 6.07) is 61.0. The Morgan fingerprint density at radius 2 is 0.897 bits per heavy atom. The molecular weight excluding hydrogens is 711 g/mol. The van der Waals surface area contributed by atoms with E-state index in [-0.39, 0.29) is 11.8 Å². The lowest BCUT2D eigenvalue weighted by Gasteiger charge is -2.41. The second-order valence-corrected chi connectivity index (χ2v) is 16.0. The van der Waals surface area contributed by atoms with Crippen molar-refractivity contribution >= 4 is 43.1 Å². The number of nitrogens with zero attached hydrogens (tertiary/aromatic N) is 1. The minimum atomic E-state index is -1.72. The van der Waals surface area contributed by atoms with Crippen molar-refractivity contribution in [1.82, 2.24) is 4.90 Å². The Kier molecular flexibility index (Phi) is 8.87. The molecule has 0 spiro atoms. The predicted molar refractivity (Wildman–Crippen MR) is 237 cm³/mol. The maximum Gasteiger partial charge on any atom is 0.145 e. The zero-order chi connectivity index (χ0) is 39.4. The van der Waals surface area contributed by atoms with Crippen LogP contribution >= 0.6 is 0 Å². The van der Waals surface area contributed by atoms with Gasteiger partial charge in [-0.3, -0.25) is 4.90 Å². The van der Waals surface area contributed by atoms with E-state index in [0.717, 1.165) is 79.2 Å². The fraction of sp³-hybridized carbons (Fsp3) is 0.148. The van der Waals surface area contributed by atoms with Crippen molar-refractivity contribution in [2.45, 2.75) is 43.6 Å². The van der Waals surface area contributed by atoms with Crippen LogP contribution in [-0.4, -0.2) is 32.8 Å². The fourth-order valence-electron chi connectivity index (χ4n) is 10.1. The van der Waals surface area contributed by atoms with Crippen LogP contribution in [0, 0.1) is 6.92 Å². The lowest BCUT2D eigenvalue weighted by atomic mass is 9.75. The number of aromatic hydroxyl groups is 1. The summed E-state index contributed by atoms with van der Waals surface area (Å²) in [4.78, 5) is 2.34. The van der Waals surface area contributed by atoms with Gasteiger partial charge in [0.05, 0.1) is 0 Å². The molecule has 0 aromatic heterocycles. The average molecular weight is 756 g/mol. The van der Waals surface area contributed by atoms with Crippen molar-refractivity contribution in [2.24, 2.45) is 0 Å². The quantitative estimate of drug-likeness (QED) is 0.135. The van der Waals surface area contributed by atoms with Crippen LogP contribution in [0.4, 0.5) is 0 Å². The van der Waals surface area contributed by atoms with E-state index in [4.69, 9.17) is 0 Å². The summed E-state index contributed by atoms with van der Waals surface area (Å²) in [7, 11) is 0. The molecule has 1 heterocycles. The highest BCUT2D eigenvalue weighted by molar-refractivity contribution is 5.93. The molecule has 0 aliphatic carbocycles. The number of phenolic OH excluding ortho intramolecular Hbond substituents is 1. The van der Waals surface area contributed by atoms with Crippen molar-refractivity contribution in [3.05, 3.63) is 221 Å². The van der Waals surface area contributed by atoms with Gasteiger partial charge in [0.15, 0.2) is 0 Å². The fourth-order valence-corrected chi connectivity index (χ4v) is 10.1. The molecule has 3 N–H and O–H groups in total. The average Bonchev–Trinajstić information content (AvgIpc) is 3.75. The van der Waals surface area contributed by atoms with Gasteiger partial charge >= 0.3 is 0 Å². The highest BCUT2D eigenvalue weighted by Crippen LogP contribution is 2.49. The molecule has 1 aliphatic rings. The van der Waals surface area contributed by atoms with Crippen LogP contribution in [0.2, 0.25) is 0 Å². The second-order valence-electron chi connectivity index (χ2n) is 16.0. The maximum absolute atomic E-state index is 13.8. The van der Waals surface area contributed by atoms with E-state index in [1.54, 1.807) is 0 Å². The first-order valence-corrected chi connectivity index (χ1v) is 20.3. The summed E-state index contributed by atoms with van der Waals surface area (Å²) in [5.41, 5.74) is 2.10. The van der Waals surface area contributed by atoms with Crippen molar-refractivity contribution in [3.8, 4) is 5.75 Å².